The molecular weight excluding hydrogens is 234 g/mol. The first-order valence-electron chi connectivity index (χ1n) is 5.07. The maximum Gasteiger partial charge on any atom is 0.190 e. The van der Waals surface area contributed by atoms with E-state index in [-0.39, 0.29) is 11.0 Å². The van der Waals surface area contributed by atoms with Gasteiger partial charge in [0, 0.05) is 0 Å². The average molecular weight is 241 g/mol. The van der Waals surface area contributed by atoms with Crippen molar-refractivity contribution >= 4 is 27.8 Å². The fraction of sp³-hybridized carbons (Fsp3) is 0. The molecule has 3 nitrogen and oxygen atoms in total. The van der Waals surface area contributed by atoms with Gasteiger partial charge in [0.25, 0.3) is 0 Å². The standard InChI is InChI=1S/C13H7NO2S/c15-7-8-11(16)6-5-10-13(8)17-12-4-2-1-3-9(12)14-10/h1-7H. The molecule has 1 aromatic carbocycles. The van der Waals surface area contributed by atoms with Crippen LogP contribution >= 0.6 is 11.3 Å². The summed E-state index contributed by atoms with van der Waals surface area (Å²) in [6, 6.07) is 10.7. The predicted octanol–water partition coefficient (Wildman–Crippen LogP) is 2.57. The van der Waals surface area contributed by atoms with Gasteiger partial charge in [-0.25, -0.2) is 4.98 Å². The van der Waals surface area contributed by atoms with E-state index in [1.165, 1.54) is 17.4 Å². The van der Waals surface area contributed by atoms with E-state index in [1.54, 1.807) is 6.07 Å². The van der Waals surface area contributed by atoms with E-state index < -0.39 is 0 Å². The quantitative estimate of drug-likeness (QED) is 0.486. The third-order valence-electron chi connectivity index (χ3n) is 2.57. The third-order valence-corrected chi connectivity index (χ3v) is 3.77. The van der Waals surface area contributed by atoms with Gasteiger partial charge in [0.15, 0.2) is 11.7 Å². The zero-order valence-corrected chi connectivity index (χ0v) is 9.53. The number of aromatic nitrogens is 1. The summed E-state index contributed by atoms with van der Waals surface area (Å²) in [4.78, 5) is 27.6. The van der Waals surface area contributed by atoms with Gasteiger partial charge in [-0.15, -0.1) is 11.3 Å². The molecule has 0 N–H and O–H groups in total. The molecule has 0 radical (unpaired) electrons. The predicted molar refractivity (Wildman–Crippen MR) is 67.9 cm³/mol. The minimum absolute atomic E-state index is 0.200. The Hall–Kier alpha value is -2.07. The zero-order valence-electron chi connectivity index (χ0n) is 8.71. The Morgan fingerprint density at radius 1 is 1.12 bits per heavy atom. The summed E-state index contributed by atoms with van der Waals surface area (Å²) in [5.41, 5.74) is 1.52. The van der Waals surface area contributed by atoms with E-state index >= 15 is 0 Å². The molecule has 0 amide bonds. The summed E-state index contributed by atoms with van der Waals surface area (Å²) in [6.45, 7) is 0. The van der Waals surface area contributed by atoms with Crippen LogP contribution in [0.1, 0.15) is 10.4 Å². The van der Waals surface area contributed by atoms with E-state index in [4.69, 9.17) is 0 Å². The molecule has 0 atom stereocenters. The van der Waals surface area contributed by atoms with Gasteiger partial charge in [-0.3, -0.25) is 9.59 Å². The van der Waals surface area contributed by atoms with Gasteiger partial charge in [-0.1, -0.05) is 12.1 Å². The Balaban J connectivity index is 2.52. The van der Waals surface area contributed by atoms with Crippen molar-refractivity contribution in [3.8, 4) is 10.6 Å². The number of benzene rings is 2. The molecule has 0 spiro atoms. The van der Waals surface area contributed by atoms with Crippen molar-refractivity contribution in [1.29, 1.82) is 0 Å². The van der Waals surface area contributed by atoms with E-state index in [9.17, 15) is 9.59 Å². The lowest BCUT2D eigenvalue weighted by atomic mass is 10.1. The maximum absolute atomic E-state index is 11.5. The first-order chi connectivity index (χ1) is 8.29. The summed E-state index contributed by atoms with van der Waals surface area (Å²) in [5, 5.41) is 0. The molecule has 0 aromatic heterocycles. The Morgan fingerprint density at radius 3 is 2.76 bits per heavy atom. The fourth-order valence-corrected chi connectivity index (χ4v) is 2.81. The van der Waals surface area contributed by atoms with Gasteiger partial charge >= 0.3 is 0 Å². The van der Waals surface area contributed by atoms with Crippen LogP contribution in [0.25, 0.3) is 20.8 Å². The fourth-order valence-electron chi connectivity index (χ4n) is 1.75. The van der Waals surface area contributed by atoms with Gasteiger partial charge in [-0.05, 0) is 24.3 Å². The van der Waals surface area contributed by atoms with Crippen molar-refractivity contribution in [3.63, 3.8) is 0 Å². The van der Waals surface area contributed by atoms with Crippen LogP contribution < -0.4 is 5.43 Å². The van der Waals surface area contributed by atoms with Crippen LogP contribution in [-0.4, -0.2) is 11.3 Å². The molecule has 0 saturated carbocycles. The molecule has 1 aliphatic carbocycles. The molecule has 0 saturated heterocycles. The molecule has 4 heteroatoms. The van der Waals surface area contributed by atoms with Crippen LogP contribution in [-0.2, 0) is 0 Å². The summed E-state index contributed by atoms with van der Waals surface area (Å²) in [5.74, 6) is 0. The highest BCUT2D eigenvalue weighted by molar-refractivity contribution is 7.21. The Morgan fingerprint density at radius 2 is 1.94 bits per heavy atom. The van der Waals surface area contributed by atoms with Gasteiger partial charge in [0.05, 0.1) is 26.4 Å². The van der Waals surface area contributed by atoms with Crippen LogP contribution in [0.5, 0.6) is 0 Å². The largest absolute Gasteiger partial charge is 0.298 e. The minimum atomic E-state index is -0.249. The number of carbonyl (C=O) groups excluding carboxylic acids is 1. The normalized spacial score (nSPS) is 10.8. The van der Waals surface area contributed by atoms with Crippen LogP contribution in [0.4, 0.5) is 0 Å². The van der Waals surface area contributed by atoms with E-state index in [0.29, 0.717) is 16.9 Å². The van der Waals surface area contributed by atoms with Crippen molar-refractivity contribution < 1.29 is 4.79 Å². The molecule has 17 heavy (non-hydrogen) atoms. The molecular formula is C13H7NO2S. The summed E-state index contributed by atoms with van der Waals surface area (Å²) in [6.07, 6.45) is 0.609. The first kappa shape index (κ1) is 10.1. The summed E-state index contributed by atoms with van der Waals surface area (Å²) < 4.78 is 0.966. The first-order valence-corrected chi connectivity index (χ1v) is 5.89. The van der Waals surface area contributed by atoms with Crippen LogP contribution in [0.15, 0.2) is 41.2 Å². The Labute approximate surface area is 101 Å². The average Bonchev–Trinajstić information content (AvgIpc) is 2.36. The molecule has 2 aliphatic rings. The number of para-hydroxylation sites is 1. The number of nitrogens with zero attached hydrogens (tertiary/aromatic N) is 1. The Kier molecular flexibility index (Phi) is 2.23. The monoisotopic (exact) mass is 241 g/mol. The Bertz CT molecular complexity index is 748. The molecule has 0 unspecified atom stereocenters. The van der Waals surface area contributed by atoms with Crippen molar-refractivity contribution in [1.82, 2.24) is 4.98 Å². The zero-order chi connectivity index (χ0) is 11.8. The number of hydrogen-bond acceptors (Lipinski definition) is 4. The lowest BCUT2D eigenvalue weighted by Gasteiger charge is -2.06. The van der Waals surface area contributed by atoms with Crippen LogP contribution in [0.2, 0.25) is 0 Å². The second-order valence-corrected chi connectivity index (χ2v) is 4.68. The number of carbonyl (C=O) groups is 1. The van der Waals surface area contributed by atoms with Gasteiger partial charge in [-0.2, -0.15) is 0 Å². The van der Waals surface area contributed by atoms with Crippen LogP contribution in [0.3, 0.4) is 0 Å². The number of rotatable bonds is 1. The molecule has 3 rings (SSSR count). The topological polar surface area (TPSA) is 47.0 Å². The van der Waals surface area contributed by atoms with E-state index in [1.807, 2.05) is 24.3 Å². The van der Waals surface area contributed by atoms with Gasteiger partial charge < -0.3 is 0 Å². The molecule has 0 fully saturated rings. The highest BCUT2D eigenvalue weighted by Crippen LogP contribution is 2.31. The number of aldehydes is 1. The smallest absolute Gasteiger partial charge is 0.190 e. The molecule has 1 aromatic rings. The van der Waals surface area contributed by atoms with Crippen molar-refractivity contribution in [2.45, 2.75) is 0 Å². The lowest BCUT2D eigenvalue weighted by Crippen LogP contribution is -2.08. The van der Waals surface area contributed by atoms with E-state index in [2.05, 4.69) is 4.98 Å². The molecule has 1 aliphatic heterocycles. The molecule has 0 bridgehead atoms. The van der Waals surface area contributed by atoms with Crippen molar-refractivity contribution in [3.05, 3.63) is 52.2 Å². The van der Waals surface area contributed by atoms with Crippen molar-refractivity contribution in [2.24, 2.45) is 0 Å². The highest BCUT2D eigenvalue weighted by atomic mass is 32.1. The van der Waals surface area contributed by atoms with Crippen LogP contribution in [0, 0.1) is 0 Å². The van der Waals surface area contributed by atoms with Crippen molar-refractivity contribution in [2.75, 3.05) is 0 Å². The lowest BCUT2D eigenvalue weighted by molar-refractivity contribution is 0.112. The molecule has 1 heterocycles. The van der Waals surface area contributed by atoms with Gasteiger partial charge in [0.1, 0.15) is 0 Å². The number of fused-ring (bicyclic) bond motifs is 2. The second kappa shape index (κ2) is 3.75. The second-order valence-electron chi connectivity index (χ2n) is 3.63. The summed E-state index contributed by atoms with van der Waals surface area (Å²) in [7, 11) is 0. The molecule has 82 valence electrons. The third kappa shape index (κ3) is 1.54. The SMILES string of the molecule is O=Cc1c2sc3ccccc3nc-2ccc1=O. The maximum atomic E-state index is 11.5. The summed E-state index contributed by atoms with van der Waals surface area (Å²) >= 11 is 1.42. The highest BCUT2D eigenvalue weighted by Gasteiger charge is 2.13. The van der Waals surface area contributed by atoms with Gasteiger partial charge in [0.2, 0.25) is 0 Å². The minimum Gasteiger partial charge on any atom is -0.298 e. The van der Waals surface area contributed by atoms with E-state index in [0.717, 1.165) is 10.2 Å². The number of hydrogen-bond donors (Lipinski definition) is 0.